The number of carbonyl (C=O) groups excluding carboxylic acids is 1. The van der Waals surface area contributed by atoms with Crippen LogP contribution in [0.1, 0.15) is 56.5 Å². The lowest BCUT2D eigenvalue weighted by Crippen LogP contribution is -2.42. The number of carbonyl (C=O) groups is 1. The van der Waals surface area contributed by atoms with Gasteiger partial charge in [0.1, 0.15) is 11.6 Å². The van der Waals surface area contributed by atoms with Gasteiger partial charge in [-0.2, -0.15) is 5.26 Å². The molecule has 2 heterocycles. The van der Waals surface area contributed by atoms with Gasteiger partial charge in [-0.05, 0) is 64.2 Å². The van der Waals surface area contributed by atoms with E-state index in [0.717, 1.165) is 50.0 Å². The fourth-order valence-corrected chi connectivity index (χ4v) is 3.39. The summed E-state index contributed by atoms with van der Waals surface area (Å²) in [6.45, 7) is 10.1. The molecule has 0 N–H and O–H groups in total. The largest absolute Gasteiger partial charge is 0.349 e. The van der Waals surface area contributed by atoms with Gasteiger partial charge in [0.05, 0.1) is 0 Å². The minimum atomic E-state index is -0.125. The highest BCUT2D eigenvalue weighted by molar-refractivity contribution is 6.02. The van der Waals surface area contributed by atoms with Crippen LogP contribution >= 0.6 is 0 Å². The van der Waals surface area contributed by atoms with Crippen molar-refractivity contribution in [3.05, 3.63) is 28.6 Å². The van der Waals surface area contributed by atoms with Gasteiger partial charge < -0.3 is 9.47 Å². The standard InChI is InChI=1S/C19H27N3O/c1-5-9-21-15(3)11-17(16(21)4)12-18(13-20)19(23)22-10-7-6-8-14(22)2/h11-12,14H,5-10H2,1-4H3. The van der Waals surface area contributed by atoms with Crippen LogP contribution in [0.5, 0.6) is 0 Å². The Bertz CT molecular complexity index is 648. The summed E-state index contributed by atoms with van der Waals surface area (Å²) in [6.07, 6.45) is 6.04. The molecule has 1 fully saturated rings. The number of hydrogen-bond donors (Lipinski definition) is 0. The first-order valence-corrected chi connectivity index (χ1v) is 8.59. The molecule has 1 atom stereocenters. The van der Waals surface area contributed by atoms with E-state index in [2.05, 4.69) is 44.4 Å². The van der Waals surface area contributed by atoms with Crippen molar-refractivity contribution in [2.45, 2.75) is 66.0 Å². The molecule has 23 heavy (non-hydrogen) atoms. The highest BCUT2D eigenvalue weighted by Crippen LogP contribution is 2.22. The molecule has 1 unspecified atom stereocenters. The topological polar surface area (TPSA) is 49.0 Å². The van der Waals surface area contributed by atoms with Gasteiger partial charge in [0.15, 0.2) is 0 Å². The van der Waals surface area contributed by atoms with Crippen molar-refractivity contribution in [1.29, 1.82) is 5.26 Å². The molecule has 4 nitrogen and oxygen atoms in total. The maximum absolute atomic E-state index is 12.7. The van der Waals surface area contributed by atoms with Gasteiger partial charge in [-0.15, -0.1) is 0 Å². The van der Waals surface area contributed by atoms with Crippen molar-refractivity contribution >= 4 is 12.0 Å². The van der Waals surface area contributed by atoms with Crippen LogP contribution in [0.4, 0.5) is 0 Å². The van der Waals surface area contributed by atoms with E-state index in [1.807, 2.05) is 4.90 Å². The number of aromatic nitrogens is 1. The third-order valence-electron chi connectivity index (χ3n) is 4.77. The Morgan fingerprint density at radius 1 is 1.43 bits per heavy atom. The minimum Gasteiger partial charge on any atom is -0.349 e. The van der Waals surface area contributed by atoms with Gasteiger partial charge in [-0.3, -0.25) is 4.79 Å². The average Bonchev–Trinajstić information content (AvgIpc) is 2.80. The quantitative estimate of drug-likeness (QED) is 0.626. The molecule has 1 aliphatic rings. The average molecular weight is 313 g/mol. The maximum atomic E-state index is 12.7. The molecule has 0 bridgehead atoms. The molecule has 1 aromatic rings. The van der Waals surface area contributed by atoms with E-state index < -0.39 is 0 Å². The number of aryl methyl sites for hydroxylation is 1. The van der Waals surface area contributed by atoms with Gasteiger partial charge >= 0.3 is 0 Å². The van der Waals surface area contributed by atoms with Crippen molar-refractivity contribution in [1.82, 2.24) is 9.47 Å². The lowest BCUT2D eigenvalue weighted by molar-refractivity contribution is -0.129. The Morgan fingerprint density at radius 2 is 2.17 bits per heavy atom. The van der Waals surface area contributed by atoms with Crippen LogP contribution in [0.2, 0.25) is 0 Å². The molecule has 0 spiro atoms. The first-order valence-electron chi connectivity index (χ1n) is 8.59. The molecule has 124 valence electrons. The van der Waals surface area contributed by atoms with Crippen molar-refractivity contribution in [3.8, 4) is 6.07 Å². The first kappa shape index (κ1) is 17.3. The van der Waals surface area contributed by atoms with Gasteiger partial charge in [0, 0.05) is 30.5 Å². The highest BCUT2D eigenvalue weighted by atomic mass is 16.2. The van der Waals surface area contributed by atoms with Crippen molar-refractivity contribution in [2.75, 3.05) is 6.54 Å². The summed E-state index contributed by atoms with van der Waals surface area (Å²) in [5.74, 6) is -0.125. The molecular weight excluding hydrogens is 286 g/mol. The summed E-state index contributed by atoms with van der Waals surface area (Å²) in [4.78, 5) is 14.6. The van der Waals surface area contributed by atoms with E-state index in [9.17, 15) is 10.1 Å². The Balaban J connectivity index is 2.30. The zero-order valence-corrected chi connectivity index (χ0v) is 14.7. The Morgan fingerprint density at radius 3 is 2.78 bits per heavy atom. The van der Waals surface area contributed by atoms with Crippen LogP contribution in [0.15, 0.2) is 11.6 Å². The monoisotopic (exact) mass is 313 g/mol. The number of hydrogen-bond acceptors (Lipinski definition) is 2. The smallest absolute Gasteiger partial charge is 0.264 e. The molecule has 1 amide bonds. The van der Waals surface area contributed by atoms with E-state index in [1.165, 1.54) is 5.69 Å². The lowest BCUT2D eigenvalue weighted by Gasteiger charge is -2.33. The van der Waals surface area contributed by atoms with E-state index in [0.29, 0.717) is 0 Å². The summed E-state index contributed by atoms with van der Waals surface area (Å²) in [5.41, 5.74) is 3.52. The van der Waals surface area contributed by atoms with Crippen molar-refractivity contribution in [2.24, 2.45) is 0 Å². The molecule has 2 rings (SSSR count). The summed E-state index contributed by atoms with van der Waals surface area (Å²) >= 11 is 0. The second-order valence-corrected chi connectivity index (χ2v) is 6.49. The molecule has 1 saturated heterocycles. The zero-order chi connectivity index (χ0) is 17.0. The van der Waals surface area contributed by atoms with Crippen LogP contribution < -0.4 is 0 Å². The molecule has 1 aromatic heterocycles. The van der Waals surface area contributed by atoms with Crippen LogP contribution in [-0.4, -0.2) is 28.0 Å². The molecule has 1 aliphatic heterocycles. The molecular formula is C19H27N3O. The normalized spacial score (nSPS) is 18.8. The summed E-state index contributed by atoms with van der Waals surface area (Å²) in [7, 11) is 0. The number of nitrogens with zero attached hydrogens (tertiary/aromatic N) is 3. The predicted molar refractivity (Wildman–Crippen MR) is 92.8 cm³/mol. The number of nitriles is 1. The zero-order valence-electron chi connectivity index (χ0n) is 14.7. The SMILES string of the molecule is CCCn1c(C)cc(C=C(C#N)C(=O)N2CCCCC2C)c1C. The van der Waals surface area contributed by atoms with Crippen LogP contribution in [0.3, 0.4) is 0 Å². The van der Waals surface area contributed by atoms with E-state index >= 15 is 0 Å². The summed E-state index contributed by atoms with van der Waals surface area (Å²) in [5, 5.41) is 9.47. The Kier molecular flexibility index (Phi) is 5.65. The van der Waals surface area contributed by atoms with Gasteiger partial charge in [-0.25, -0.2) is 0 Å². The lowest BCUT2D eigenvalue weighted by atomic mass is 10.0. The van der Waals surface area contributed by atoms with E-state index in [1.54, 1.807) is 6.08 Å². The molecule has 0 aromatic carbocycles. The Labute approximate surface area is 139 Å². The highest BCUT2D eigenvalue weighted by Gasteiger charge is 2.26. The van der Waals surface area contributed by atoms with Crippen LogP contribution in [-0.2, 0) is 11.3 Å². The van der Waals surface area contributed by atoms with Crippen molar-refractivity contribution in [3.63, 3.8) is 0 Å². The predicted octanol–water partition coefficient (Wildman–Crippen LogP) is 3.82. The number of likely N-dealkylation sites (tertiary alicyclic amines) is 1. The van der Waals surface area contributed by atoms with Crippen LogP contribution in [0.25, 0.3) is 6.08 Å². The first-order chi connectivity index (χ1) is 11.0. The fraction of sp³-hybridized carbons (Fsp3) is 0.579. The van der Waals surface area contributed by atoms with Crippen molar-refractivity contribution < 1.29 is 4.79 Å². The minimum absolute atomic E-state index is 0.125. The molecule has 0 saturated carbocycles. The molecule has 4 heteroatoms. The van der Waals surface area contributed by atoms with Gasteiger partial charge in [0.2, 0.25) is 0 Å². The fourth-order valence-electron chi connectivity index (χ4n) is 3.39. The summed E-state index contributed by atoms with van der Waals surface area (Å²) < 4.78 is 2.24. The Hall–Kier alpha value is -2.02. The van der Waals surface area contributed by atoms with Gasteiger partial charge in [-0.1, -0.05) is 6.92 Å². The second kappa shape index (κ2) is 7.50. The molecule has 0 aliphatic carbocycles. The second-order valence-electron chi connectivity index (χ2n) is 6.49. The number of rotatable bonds is 4. The van der Waals surface area contributed by atoms with E-state index in [4.69, 9.17) is 0 Å². The van der Waals surface area contributed by atoms with Gasteiger partial charge in [0.25, 0.3) is 5.91 Å². The summed E-state index contributed by atoms with van der Waals surface area (Å²) in [6, 6.07) is 4.40. The number of piperidine rings is 1. The van der Waals surface area contributed by atoms with Crippen LogP contribution in [0, 0.1) is 25.2 Å². The third kappa shape index (κ3) is 3.67. The third-order valence-corrected chi connectivity index (χ3v) is 4.77. The molecule has 0 radical (unpaired) electrons. The maximum Gasteiger partial charge on any atom is 0.264 e. The van der Waals surface area contributed by atoms with E-state index in [-0.39, 0.29) is 17.5 Å². The number of amides is 1.